The van der Waals surface area contributed by atoms with E-state index in [1.165, 1.54) is 29.8 Å². The van der Waals surface area contributed by atoms with E-state index >= 15 is 0 Å². The molecule has 0 saturated carbocycles. The predicted molar refractivity (Wildman–Crippen MR) is 110 cm³/mol. The number of hydrogen-bond donors (Lipinski definition) is 0. The van der Waals surface area contributed by atoms with Crippen LogP contribution in [-0.2, 0) is 22.6 Å². The number of ether oxygens (including phenoxy) is 3. The largest absolute Gasteiger partial charge is 0.491 e. The number of hydrogen-bond acceptors (Lipinski definition) is 5. The van der Waals surface area contributed by atoms with Gasteiger partial charge in [0.25, 0.3) is 5.91 Å². The number of amides is 1. The van der Waals surface area contributed by atoms with Crippen molar-refractivity contribution in [2.24, 2.45) is 0 Å². The Kier molecular flexibility index (Phi) is 6.50. The van der Waals surface area contributed by atoms with Crippen molar-refractivity contribution < 1.29 is 23.4 Å². The van der Waals surface area contributed by atoms with Gasteiger partial charge in [0.1, 0.15) is 23.9 Å². The molecule has 0 aromatic heterocycles. The van der Waals surface area contributed by atoms with Crippen LogP contribution in [0.2, 0.25) is 0 Å². The average molecular weight is 414 g/mol. The molecule has 0 N–H and O–H groups in total. The summed E-state index contributed by atoms with van der Waals surface area (Å²) in [5, 5.41) is 0. The van der Waals surface area contributed by atoms with Crippen molar-refractivity contribution in [3.8, 4) is 11.5 Å². The molecule has 2 heterocycles. The van der Waals surface area contributed by atoms with E-state index in [-0.39, 0.29) is 24.4 Å². The first-order valence-electron chi connectivity index (χ1n) is 10.3. The first-order chi connectivity index (χ1) is 14.6. The van der Waals surface area contributed by atoms with Crippen LogP contribution >= 0.6 is 0 Å². The average Bonchev–Trinajstić information content (AvgIpc) is 2.92. The van der Waals surface area contributed by atoms with Gasteiger partial charge in [-0.25, -0.2) is 4.39 Å². The van der Waals surface area contributed by atoms with Gasteiger partial charge in [0.05, 0.1) is 19.3 Å². The Bertz CT molecular complexity index is 868. The molecule has 1 amide bonds. The van der Waals surface area contributed by atoms with Crippen LogP contribution in [0, 0.1) is 5.82 Å². The normalized spacial score (nSPS) is 19.5. The van der Waals surface area contributed by atoms with E-state index in [2.05, 4.69) is 17.0 Å². The summed E-state index contributed by atoms with van der Waals surface area (Å²) in [4.78, 5) is 17.0. The summed E-state index contributed by atoms with van der Waals surface area (Å²) in [5.74, 6) is 0.831. The Balaban J connectivity index is 1.42. The number of rotatable bonds is 5. The molecule has 0 spiro atoms. The molecule has 4 rings (SSSR count). The molecule has 0 radical (unpaired) electrons. The first-order valence-corrected chi connectivity index (χ1v) is 10.3. The fourth-order valence-electron chi connectivity index (χ4n) is 3.75. The quantitative estimate of drug-likeness (QED) is 0.753. The van der Waals surface area contributed by atoms with Gasteiger partial charge in [0.2, 0.25) is 0 Å². The van der Waals surface area contributed by atoms with Gasteiger partial charge in [-0.2, -0.15) is 0 Å². The lowest BCUT2D eigenvalue weighted by molar-refractivity contribution is -0.136. The minimum absolute atomic E-state index is 0.0792. The molecule has 2 aliphatic heterocycles. The molecule has 0 bridgehead atoms. The minimum Gasteiger partial charge on any atom is -0.491 e. The van der Waals surface area contributed by atoms with Gasteiger partial charge < -0.3 is 19.1 Å². The van der Waals surface area contributed by atoms with E-state index in [1.54, 1.807) is 4.90 Å². The summed E-state index contributed by atoms with van der Waals surface area (Å²) >= 11 is 0. The van der Waals surface area contributed by atoms with Gasteiger partial charge in [-0.1, -0.05) is 6.07 Å². The lowest BCUT2D eigenvalue weighted by atomic mass is 10.1. The molecule has 2 aromatic rings. The molecule has 0 aliphatic carbocycles. The Hall–Kier alpha value is -2.64. The number of fused-ring (bicyclic) bond motifs is 1. The highest BCUT2D eigenvalue weighted by molar-refractivity contribution is 5.78. The van der Waals surface area contributed by atoms with E-state index in [4.69, 9.17) is 14.2 Å². The van der Waals surface area contributed by atoms with Crippen molar-refractivity contribution >= 4 is 5.91 Å². The van der Waals surface area contributed by atoms with Crippen molar-refractivity contribution in [3.05, 3.63) is 59.4 Å². The van der Waals surface area contributed by atoms with Gasteiger partial charge in [0, 0.05) is 31.7 Å². The number of carbonyl (C=O) groups excluding carboxylic acids is 1. The van der Waals surface area contributed by atoms with Crippen molar-refractivity contribution in [2.75, 3.05) is 39.5 Å². The summed E-state index contributed by atoms with van der Waals surface area (Å²) in [5.41, 5.74) is 2.20. The zero-order valence-electron chi connectivity index (χ0n) is 17.2. The molecular formula is C23H27FN2O4. The van der Waals surface area contributed by atoms with Crippen molar-refractivity contribution in [3.63, 3.8) is 0 Å². The molecule has 1 fully saturated rings. The van der Waals surface area contributed by atoms with Gasteiger partial charge >= 0.3 is 0 Å². The smallest absolute Gasteiger partial charge is 0.261 e. The zero-order valence-corrected chi connectivity index (χ0v) is 17.2. The topological polar surface area (TPSA) is 51.2 Å². The summed E-state index contributed by atoms with van der Waals surface area (Å²) in [6.45, 7) is 7.01. The third-order valence-electron chi connectivity index (χ3n) is 5.48. The summed E-state index contributed by atoms with van der Waals surface area (Å²) in [6, 6.07) is 11.8. The maximum atomic E-state index is 13.0. The Morgan fingerprint density at radius 3 is 2.70 bits per heavy atom. The van der Waals surface area contributed by atoms with Crippen LogP contribution < -0.4 is 9.47 Å². The Morgan fingerprint density at radius 1 is 1.17 bits per heavy atom. The van der Waals surface area contributed by atoms with E-state index < -0.39 is 0 Å². The number of halogens is 1. The first kappa shape index (κ1) is 20.6. The van der Waals surface area contributed by atoms with Crippen LogP contribution in [0.4, 0.5) is 4.39 Å². The third kappa shape index (κ3) is 5.09. The van der Waals surface area contributed by atoms with Crippen molar-refractivity contribution in [1.82, 2.24) is 9.80 Å². The zero-order chi connectivity index (χ0) is 20.9. The maximum absolute atomic E-state index is 13.0. The standard InChI is InChI=1S/C23H27FN2O4/c1-17-15-30-22-7-2-18(13-25-8-10-28-11-9-25)12-19(22)14-26(17)23(27)16-29-21-5-3-20(24)4-6-21/h2-7,12,17H,8-11,13-16H2,1H3/t17-/m0/s1. The molecule has 1 saturated heterocycles. The summed E-state index contributed by atoms with van der Waals surface area (Å²) < 4.78 is 30.0. The molecule has 7 heteroatoms. The van der Waals surface area contributed by atoms with Gasteiger partial charge in [-0.15, -0.1) is 0 Å². The van der Waals surface area contributed by atoms with Crippen LogP contribution in [0.3, 0.4) is 0 Å². The molecule has 0 unspecified atom stereocenters. The highest BCUT2D eigenvalue weighted by Crippen LogP contribution is 2.27. The third-order valence-corrected chi connectivity index (χ3v) is 5.48. The molecule has 2 aliphatic rings. The lowest BCUT2D eigenvalue weighted by Crippen LogP contribution is -2.42. The monoisotopic (exact) mass is 414 g/mol. The second kappa shape index (κ2) is 9.45. The van der Waals surface area contributed by atoms with Gasteiger partial charge in [-0.3, -0.25) is 9.69 Å². The van der Waals surface area contributed by atoms with Crippen LogP contribution in [0.1, 0.15) is 18.1 Å². The molecule has 30 heavy (non-hydrogen) atoms. The lowest BCUT2D eigenvalue weighted by Gasteiger charge is -2.27. The van der Waals surface area contributed by atoms with E-state index in [9.17, 15) is 9.18 Å². The van der Waals surface area contributed by atoms with Crippen molar-refractivity contribution in [1.29, 1.82) is 0 Å². The molecule has 6 nitrogen and oxygen atoms in total. The number of benzene rings is 2. The van der Waals surface area contributed by atoms with Crippen LogP contribution in [0.25, 0.3) is 0 Å². The summed E-state index contributed by atoms with van der Waals surface area (Å²) in [6.07, 6.45) is 0. The Labute approximate surface area is 176 Å². The molecule has 1 atom stereocenters. The van der Waals surface area contributed by atoms with Crippen molar-refractivity contribution in [2.45, 2.75) is 26.1 Å². The SMILES string of the molecule is C[C@H]1COc2ccc(CN3CCOCC3)cc2CN1C(=O)COc1ccc(F)cc1. The highest BCUT2D eigenvalue weighted by Gasteiger charge is 2.26. The second-order valence-corrected chi connectivity index (χ2v) is 7.75. The van der Waals surface area contributed by atoms with Gasteiger partial charge in [0.15, 0.2) is 6.61 Å². The highest BCUT2D eigenvalue weighted by atomic mass is 19.1. The van der Waals surface area contributed by atoms with Crippen LogP contribution in [-0.4, -0.2) is 61.3 Å². The fourth-order valence-corrected chi connectivity index (χ4v) is 3.75. The maximum Gasteiger partial charge on any atom is 0.261 e. The number of carbonyl (C=O) groups is 1. The van der Waals surface area contributed by atoms with E-state index in [1.807, 2.05) is 13.0 Å². The number of morpholine rings is 1. The predicted octanol–water partition coefficient (Wildman–Crippen LogP) is 2.85. The number of nitrogens with zero attached hydrogens (tertiary/aromatic N) is 2. The second-order valence-electron chi connectivity index (χ2n) is 7.75. The Morgan fingerprint density at radius 2 is 1.93 bits per heavy atom. The fraction of sp³-hybridized carbons (Fsp3) is 0.435. The molecule has 160 valence electrons. The van der Waals surface area contributed by atoms with Gasteiger partial charge in [-0.05, 0) is 48.9 Å². The van der Waals surface area contributed by atoms with E-state index in [0.29, 0.717) is 18.9 Å². The molecular weight excluding hydrogens is 387 g/mol. The summed E-state index contributed by atoms with van der Waals surface area (Å²) in [7, 11) is 0. The van der Waals surface area contributed by atoms with Crippen LogP contribution in [0.15, 0.2) is 42.5 Å². The van der Waals surface area contributed by atoms with Crippen LogP contribution in [0.5, 0.6) is 11.5 Å². The minimum atomic E-state index is -0.337. The molecule has 2 aromatic carbocycles. The van der Waals surface area contributed by atoms with E-state index in [0.717, 1.165) is 44.2 Å².